The van der Waals surface area contributed by atoms with Gasteiger partial charge in [-0.15, -0.1) is 0 Å². The highest BCUT2D eigenvalue weighted by atomic mass is 35.5. The lowest BCUT2D eigenvalue weighted by Crippen LogP contribution is -2.52. The van der Waals surface area contributed by atoms with Gasteiger partial charge in [-0.2, -0.15) is 0 Å². The number of benzene rings is 3. The van der Waals surface area contributed by atoms with Gasteiger partial charge >= 0.3 is 0 Å². The standard InChI is InChI=1S/C28H31ClN2O2/c1-3-21(2)30-28(33)26(18-22-10-6-4-7-11-22)31(20-24-14-16-25(29)17-15-24)27(32)19-23-12-8-5-9-13-23/h4-17,21,26H,3,18-20H2,1-2H3,(H,30,33)/t21-,26-/m1/s1. The Balaban J connectivity index is 1.95. The minimum atomic E-state index is -0.631. The fourth-order valence-corrected chi connectivity index (χ4v) is 3.78. The Morgan fingerprint density at radius 3 is 2.00 bits per heavy atom. The first-order chi connectivity index (χ1) is 16.0. The number of hydrogen-bond acceptors (Lipinski definition) is 2. The summed E-state index contributed by atoms with van der Waals surface area (Å²) in [6.07, 6.45) is 1.49. The summed E-state index contributed by atoms with van der Waals surface area (Å²) in [4.78, 5) is 28.7. The molecule has 0 spiro atoms. The Labute approximate surface area is 201 Å². The van der Waals surface area contributed by atoms with Crippen LogP contribution in [-0.2, 0) is 29.0 Å². The van der Waals surface area contributed by atoms with Crippen molar-refractivity contribution < 1.29 is 9.59 Å². The van der Waals surface area contributed by atoms with Crippen LogP contribution in [0.3, 0.4) is 0 Å². The van der Waals surface area contributed by atoms with Gasteiger partial charge in [-0.05, 0) is 42.2 Å². The molecule has 0 aliphatic rings. The van der Waals surface area contributed by atoms with Gasteiger partial charge in [0.05, 0.1) is 6.42 Å². The SMILES string of the molecule is CC[C@@H](C)NC(=O)[C@@H](Cc1ccccc1)N(Cc1ccc(Cl)cc1)C(=O)Cc1ccccc1. The van der Waals surface area contributed by atoms with Crippen molar-refractivity contribution in [2.75, 3.05) is 0 Å². The zero-order valence-corrected chi connectivity index (χ0v) is 20.0. The Bertz CT molecular complexity index is 1020. The maximum Gasteiger partial charge on any atom is 0.243 e. The number of halogens is 1. The molecule has 3 aromatic carbocycles. The Hall–Kier alpha value is -3.11. The van der Waals surface area contributed by atoms with Crippen molar-refractivity contribution in [2.24, 2.45) is 0 Å². The molecule has 2 amide bonds. The van der Waals surface area contributed by atoms with E-state index in [4.69, 9.17) is 11.6 Å². The van der Waals surface area contributed by atoms with Crippen LogP contribution in [0, 0.1) is 0 Å². The second kappa shape index (κ2) is 12.2. The molecule has 0 unspecified atom stereocenters. The molecule has 0 radical (unpaired) electrons. The maximum atomic E-state index is 13.6. The van der Waals surface area contributed by atoms with Gasteiger partial charge in [-0.25, -0.2) is 0 Å². The van der Waals surface area contributed by atoms with E-state index in [1.165, 1.54) is 0 Å². The van der Waals surface area contributed by atoms with Crippen LogP contribution in [0.1, 0.15) is 37.0 Å². The van der Waals surface area contributed by atoms with Crippen LogP contribution in [0.15, 0.2) is 84.9 Å². The minimum absolute atomic E-state index is 0.0254. The molecular formula is C28H31ClN2O2. The number of carbonyl (C=O) groups is 2. The number of rotatable bonds is 10. The van der Waals surface area contributed by atoms with Gasteiger partial charge in [0, 0.05) is 24.0 Å². The van der Waals surface area contributed by atoms with E-state index in [2.05, 4.69) is 5.32 Å². The Morgan fingerprint density at radius 1 is 0.848 bits per heavy atom. The summed E-state index contributed by atoms with van der Waals surface area (Å²) in [6, 6.07) is 26.3. The van der Waals surface area contributed by atoms with Crippen molar-refractivity contribution in [2.45, 2.75) is 51.7 Å². The molecule has 0 fully saturated rings. The topological polar surface area (TPSA) is 49.4 Å². The van der Waals surface area contributed by atoms with Crippen molar-refractivity contribution in [1.29, 1.82) is 0 Å². The number of hydrogen-bond donors (Lipinski definition) is 1. The van der Waals surface area contributed by atoms with Crippen molar-refractivity contribution in [1.82, 2.24) is 10.2 Å². The summed E-state index contributed by atoms with van der Waals surface area (Å²) < 4.78 is 0. The van der Waals surface area contributed by atoms with Crippen LogP contribution in [0.4, 0.5) is 0 Å². The lowest BCUT2D eigenvalue weighted by atomic mass is 10.0. The summed E-state index contributed by atoms with van der Waals surface area (Å²) in [5.41, 5.74) is 2.86. The third kappa shape index (κ3) is 7.47. The smallest absolute Gasteiger partial charge is 0.243 e. The summed E-state index contributed by atoms with van der Waals surface area (Å²) in [7, 11) is 0. The molecule has 0 aliphatic heterocycles. The third-order valence-electron chi connectivity index (χ3n) is 5.74. The van der Waals surface area contributed by atoms with Crippen molar-refractivity contribution in [3.63, 3.8) is 0 Å². The van der Waals surface area contributed by atoms with Gasteiger partial charge in [0.2, 0.25) is 11.8 Å². The van der Waals surface area contributed by atoms with Crippen LogP contribution in [-0.4, -0.2) is 28.8 Å². The summed E-state index contributed by atoms with van der Waals surface area (Å²) in [6.45, 7) is 4.34. The molecule has 172 valence electrons. The molecule has 0 aliphatic carbocycles. The second-order valence-electron chi connectivity index (χ2n) is 8.33. The van der Waals surface area contributed by atoms with Crippen molar-refractivity contribution >= 4 is 23.4 Å². The van der Waals surface area contributed by atoms with Gasteiger partial charge in [-0.3, -0.25) is 9.59 Å². The lowest BCUT2D eigenvalue weighted by molar-refractivity contribution is -0.141. The molecule has 5 heteroatoms. The molecular weight excluding hydrogens is 432 g/mol. The van der Waals surface area contributed by atoms with Gasteiger partial charge in [-0.1, -0.05) is 91.3 Å². The van der Waals surface area contributed by atoms with Gasteiger partial charge < -0.3 is 10.2 Å². The highest BCUT2D eigenvalue weighted by Crippen LogP contribution is 2.18. The van der Waals surface area contributed by atoms with Crippen LogP contribution in [0.25, 0.3) is 0 Å². The molecule has 0 saturated heterocycles. The van der Waals surface area contributed by atoms with Gasteiger partial charge in [0.1, 0.15) is 6.04 Å². The Morgan fingerprint density at radius 2 is 1.42 bits per heavy atom. The van der Waals surface area contributed by atoms with E-state index < -0.39 is 6.04 Å². The lowest BCUT2D eigenvalue weighted by Gasteiger charge is -2.32. The van der Waals surface area contributed by atoms with E-state index in [9.17, 15) is 9.59 Å². The zero-order valence-electron chi connectivity index (χ0n) is 19.2. The molecule has 33 heavy (non-hydrogen) atoms. The zero-order chi connectivity index (χ0) is 23.6. The van der Waals surface area contributed by atoms with E-state index >= 15 is 0 Å². The molecule has 0 bridgehead atoms. The molecule has 0 heterocycles. The first kappa shape index (κ1) is 24.5. The predicted octanol–water partition coefficient (Wildman–Crippen LogP) is 5.44. The van der Waals surface area contributed by atoms with Crippen LogP contribution >= 0.6 is 11.6 Å². The van der Waals surface area contributed by atoms with Crippen LogP contribution < -0.4 is 5.32 Å². The van der Waals surface area contributed by atoms with E-state index in [0.29, 0.717) is 18.0 Å². The minimum Gasteiger partial charge on any atom is -0.352 e. The number of amides is 2. The molecule has 4 nitrogen and oxygen atoms in total. The summed E-state index contributed by atoms with van der Waals surface area (Å²) in [5.74, 6) is -0.222. The Kier molecular flexibility index (Phi) is 9.08. The van der Waals surface area contributed by atoms with Crippen LogP contribution in [0.5, 0.6) is 0 Å². The van der Waals surface area contributed by atoms with Crippen molar-refractivity contribution in [3.05, 3.63) is 107 Å². The molecule has 3 aromatic rings. The molecule has 0 saturated carbocycles. The van der Waals surface area contributed by atoms with E-state index in [1.54, 1.807) is 4.90 Å². The number of nitrogens with zero attached hydrogens (tertiary/aromatic N) is 1. The maximum absolute atomic E-state index is 13.6. The van der Waals surface area contributed by atoms with Gasteiger partial charge in [0.15, 0.2) is 0 Å². The second-order valence-corrected chi connectivity index (χ2v) is 8.77. The summed E-state index contributed by atoms with van der Waals surface area (Å²) in [5, 5.41) is 3.73. The number of nitrogens with one attached hydrogen (secondary N) is 1. The quantitative estimate of drug-likeness (QED) is 0.436. The third-order valence-corrected chi connectivity index (χ3v) is 5.99. The molecule has 3 rings (SSSR count). The average molecular weight is 463 g/mol. The monoisotopic (exact) mass is 462 g/mol. The first-order valence-corrected chi connectivity index (χ1v) is 11.8. The van der Waals surface area contributed by atoms with Gasteiger partial charge in [0.25, 0.3) is 0 Å². The average Bonchev–Trinajstić information content (AvgIpc) is 2.83. The number of carbonyl (C=O) groups excluding carboxylic acids is 2. The molecule has 2 atom stereocenters. The largest absolute Gasteiger partial charge is 0.352 e. The first-order valence-electron chi connectivity index (χ1n) is 11.4. The predicted molar refractivity (Wildman–Crippen MR) is 134 cm³/mol. The highest BCUT2D eigenvalue weighted by Gasteiger charge is 2.30. The van der Waals surface area contributed by atoms with Crippen LogP contribution in [0.2, 0.25) is 5.02 Å². The summed E-state index contributed by atoms with van der Waals surface area (Å²) >= 11 is 6.07. The fourth-order valence-electron chi connectivity index (χ4n) is 3.65. The fraction of sp³-hybridized carbons (Fsp3) is 0.286. The molecule has 1 N–H and O–H groups in total. The van der Waals surface area contributed by atoms with Crippen molar-refractivity contribution in [3.8, 4) is 0 Å². The van der Waals surface area contributed by atoms with E-state index in [-0.39, 0.29) is 24.3 Å². The van der Waals surface area contributed by atoms with E-state index in [0.717, 1.165) is 23.1 Å². The molecule has 0 aromatic heterocycles. The highest BCUT2D eigenvalue weighted by molar-refractivity contribution is 6.30. The normalized spacial score (nSPS) is 12.6. The van der Waals surface area contributed by atoms with E-state index in [1.807, 2.05) is 98.8 Å².